The maximum atomic E-state index is 11.4. The van der Waals surface area contributed by atoms with Crippen LogP contribution >= 0.6 is 23.2 Å². The number of ether oxygens (including phenoxy) is 3. The Morgan fingerprint density at radius 2 is 1.92 bits per heavy atom. The maximum Gasteiger partial charge on any atom is 0.344 e. The van der Waals surface area contributed by atoms with E-state index < -0.39 is 5.97 Å². The van der Waals surface area contributed by atoms with Crippen molar-refractivity contribution in [1.82, 2.24) is 0 Å². The Morgan fingerprint density at radius 1 is 1.12 bits per heavy atom. The summed E-state index contributed by atoms with van der Waals surface area (Å²) in [5, 5.41) is 9.77. The van der Waals surface area contributed by atoms with E-state index in [9.17, 15) is 4.79 Å². The number of rotatable bonds is 6. The Morgan fingerprint density at radius 3 is 2.62 bits per heavy atom. The van der Waals surface area contributed by atoms with E-state index in [0.29, 0.717) is 27.1 Å². The van der Waals surface area contributed by atoms with Gasteiger partial charge in [-0.25, -0.2) is 4.79 Å². The minimum absolute atomic E-state index is 0.264. The van der Waals surface area contributed by atoms with Gasteiger partial charge < -0.3 is 14.2 Å². The van der Waals surface area contributed by atoms with Crippen LogP contribution in [0.25, 0.3) is 0 Å². The van der Waals surface area contributed by atoms with Gasteiger partial charge in [-0.05, 0) is 37.3 Å². The monoisotopic (exact) mass is 365 g/mol. The van der Waals surface area contributed by atoms with Crippen LogP contribution in [0.1, 0.15) is 12.5 Å². The lowest BCUT2D eigenvalue weighted by Crippen LogP contribution is -2.14. The fourth-order valence-corrected chi connectivity index (χ4v) is 2.22. The number of carbonyl (C=O) groups excluding carboxylic acids is 1. The summed E-state index contributed by atoms with van der Waals surface area (Å²) in [5.41, 5.74) is 0.362. The standard InChI is InChI=1S/C17H13Cl2NO4/c1-2-22-17(21)10-23-16-8-12(18)3-4-15(16)24-14-6-11(9-20)5-13(19)7-14/h3-8H,2,10H2,1H3. The van der Waals surface area contributed by atoms with Gasteiger partial charge >= 0.3 is 5.97 Å². The summed E-state index contributed by atoms with van der Waals surface area (Å²) in [4.78, 5) is 11.4. The van der Waals surface area contributed by atoms with E-state index in [-0.39, 0.29) is 19.0 Å². The predicted octanol–water partition coefficient (Wildman–Crippen LogP) is 4.60. The number of halogens is 2. The van der Waals surface area contributed by atoms with Crippen LogP contribution in [0.3, 0.4) is 0 Å². The summed E-state index contributed by atoms with van der Waals surface area (Å²) < 4.78 is 15.9. The second kappa shape index (κ2) is 8.44. The van der Waals surface area contributed by atoms with Gasteiger partial charge in [0.05, 0.1) is 18.2 Å². The highest BCUT2D eigenvalue weighted by molar-refractivity contribution is 6.31. The van der Waals surface area contributed by atoms with Crippen LogP contribution in [0.4, 0.5) is 0 Å². The van der Waals surface area contributed by atoms with Crippen molar-refractivity contribution in [3.63, 3.8) is 0 Å². The van der Waals surface area contributed by atoms with Crippen LogP contribution < -0.4 is 9.47 Å². The number of benzene rings is 2. The van der Waals surface area contributed by atoms with Gasteiger partial charge in [0.2, 0.25) is 0 Å². The first-order chi connectivity index (χ1) is 11.5. The average Bonchev–Trinajstić information content (AvgIpc) is 2.54. The van der Waals surface area contributed by atoms with Gasteiger partial charge in [-0.3, -0.25) is 0 Å². The van der Waals surface area contributed by atoms with Crippen molar-refractivity contribution >= 4 is 29.2 Å². The van der Waals surface area contributed by atoms with E-state index in [1.54, 1.807) is 25.1 Å². The molecule has 0 atom stereocenters. The number of esters is 1. The molecule has 0 N–H and O–H groups in total. The molecule has 0 aliphatic carbocycles. The van der Waals surface area contributed by atoms with Gasteiger partial charge in [-0.1, -0.05) is 23.2 Å². The minimum Gasteiger partial charge on any atom is -0.478 e. The van der Waals surface area contributed by atoms with Crippen LogP contribution in [0.5, 0.6) is 17.2 Å². The lowest BCUT2D eigenvalue weighted by Gasteiger charge is -2.13. The summed E-state index contributed by atoms with van der Waals surface area (Å²) in [6, 6.07) is 11.3. The minimum atomic E-state index is -0.502. The zero-order valence-corrected chi connectivity index (χ0v) is 14.2. The highest BCUT2D eigenvalue weighted by atomic mass is 35.5. The normalized spacial score (nSPS) is 9.92. The van der Waals surface area contributed by atoms with Crippen molar-refractivity contribution in [2.45, 2.75) is 6.92 Å². The van der Waals surface area contributed by atoms with Crippen molar-refractivity contribution < 1.29 is 19.0 Å². The molecule has 0 saturated carbocycles. The summed E-state index contributed by atoms with van der Waals surface area (Å²) in [6.45, 7) is 1.70. The van der Waals surface area contributed by atoms with Crippen LogP contribution in [-0.2, 0) is 9.53 Å². The quantitative estimate of drug-likeness (QED) is 0.699. The van der Waals surface area contributed by atoms with Gasteiger partial charge in [-0.15, -0.1) is 0 Å². The van der Waals surface area contributed by atoms with Crippen molar-refractivity contribution in [3.05, 3.63) is 52.0 Å². The van der Waals surface area contributed by atoms with E-state index in [1.807, 2.05) is 6.07 Å². The zero-order chi connectivity index (χ0) is 17.5. The predicted molar refractivity (Wildman–Crippen MR) is 89.8 cm³/mol. The summed E-state index contributed by atoms with van der Waals surface area (Å²) in [6.07, 6.45) is 0. The van der Waals surface area contributed by atoms with Gasteiger partial charge in [0.15, 0.2) is 18.1 Å². The molecule has 5 nitrogen and oxygen atoms in total. The Bertz CT molecular complexity index is 787. The molecule has 0 aliphatic heterocycles. The molecule has 2 rings (SSSR count). The average molecular weight is 366 g/mol. The van der Waals surface area contributed by atoms with Crippen LogP contribution in [0.15, 0.2) is 36.4 Å². The molecule has 0 fully saturated rings. The van der Waals surface area contributed by atoms with E-state index in [2.05, 4.69) is 0 Å². The molecule has 2 aromatic rings. The third-order valence-electron chi connectivity index (χ3n) is 2.78. The summed E-state index contributed by atoms with van der Waals surface area (Å²) in [7, 11) is 0. The molecule has 0 unspecified atom stereocenters. The topological polar surface area (TPSA) is 68.6 Å². The molecule has 0 aromatic heterocycles. The van der Waals surface area contributed by atoms with Crippen molar-refractivity contribution in [2.24, 2.45) is 0 Å². The van der Waals surface area contributed by atoms with Crippen molar-refractivity contribution in [2.75, 3.05) is 13.2 Å². The third-order valence-corrected chi connectivity index (χ3v) is 3.24. The summed E-state index contributed by atoms with van der Waals surface area (Å²) in [5.74, 6) is 0.462. The molecule has 7 heteroatoms. The lowest BCUT2D eigenvalue weighted by atomic mass is 10.2. The number of nitrogens with zero attached hydrogens (tertiary/aromatic N) is 1. The molecule has 0 bridgehead atoms. The second-order valence-electron chi connectivity index (χ2n) is 4.57. The van der Waals surface area contributed by atoms with E-state index >= 15 is 0 Å². The van der Waals surface area contributed by atoms with E-state index in [0.717, 1.165) is 0 Å². The molecule has 24 heavy (non-hydrogen) atoms. The largest absolute Gasteiger partial charge is 0.478 e. The first kappa shape index (κ1) is 17.9. The Hall–Kier alpha value is -2.42. The fourth-order valence-electron chi connectivity index (χ4n) is 1.83. The number of nitriles is 1. The Kier molecular flexibility index (Phi) is 6.30. The number of carbonyl (C=O) groups is 1. The van der Waals surface area contributed by atoms with Crippen LogP contribution in [-0.4, -0.2) is 19.2 Å². The zero-order valence-electron chi connectivity index (χ0n) is 12.7. The number of hydrogen-bond donors (Lipinski definition) is 0. The van der Waals surface area contributed by atoms with Gasteiger partial charge in [-0.2, -0.15) is 5.26 Å². The first-order valence-electron chi connectivity index (χ1n) is 6.98. The first-order valence-corrected chi connectivity index (χ1v) is 7.74. The fraction of sp³-hybridized carbons (Fsp3) is 0.176. The van der Waals surface area contributed by atoms with Gasteiger partial charge in [0.1, 0.15) is 5.75 Å². The van der Waals surface area contributed by atoms with Gasteiger partial charge in [0, 0.05) is 16.1 Å². The van der Waals surface area contributed by atoms with Crippen molar-refractivity contribution in [3.8, 4) is 23.3 Å². The van der Waals surface area contributed by atoms with Crippen molar-refractivity contribution in [1.29, 1.82) is 5.26 Å². The smallest absolute Gasteiger partial charge is 0.344 e. The molecule has 0 saturated heterocycles. The van der Waals surface area contributed by atoms with Crippen LogP contribution in [0, 0.1) is 11.3 Å². The molecular formula is C17H13Cl2NO4. The second-order valence-corrected chi connectivity index (χ2v) is 5.45. The number of hydrogen-bond acceptors (Lipinski definition) is 5. The SMILES string of the molecule is CCOC(=O)COc1cc(Cl)ccc1Oc1cc(Cl)cc(C#N)c1. The van der Waals surface area contributed by atoms with Gasteiger partial charge in [0.25, 0.3) is 0 Å². The molecule has 0 heterocycles. The molecule has 124 valence electrons. The Labute approximate surface area is 149 Å². The highest BCUT2D eigenvalue weighted by Crippen LogP contribution is 2.35. The summed E-state index contributed by atoms with van der Waals surface area (Å²) >= 11 is 11.9. The third kappa shape index (κ3) is 5.05. The van der Waals surface area contributed by atoms with Crippen LogP contribution in [0.2, 0.25) is 10.0 Å². The molecule has 0 amide bonds. The van der Waals surface area contributed by atoms with E-state index in [4.69, 9.17) is 42.7 Å². The molecule has 2 aromatic carbocycles. The maximum absolute atomic E-state index is 11.4. The molecular weight excluding hydrogens is 353 g/mol. The molecule has 0 radical (unpaired) electrons. The molecule has 0 spiro atoms. The lowest BCUT2D eigenvalue weighted by molar-refractivity contribution is -0.145. The molecule has 0 aliphatic rings. The van der Waals surface area contributed by atoms with E-state index in [1.165, 1.54) is 18.2 Å². The Balaban J connectivity index is 2.22. The highest BCUT2D eigenvalue weighted by Gasteiger charge is 2.11.